The predicted octanol–water partition coefficient (Wildman–Crippen LogP) is 4.07. The Hall–Kier alpha value is -3.41. The first-order valence-electron chi connectivity index (χ1n) is 7.73. The van der Waals surface area contributed by atoms with Gasteiger partial charge in [-0.05, 0) is 29.8 Å². The van der Waals surface area contributed by atoms with Gasteiger partial charge >= 0.3 is 0 Å². The van der Waals surface area contributed by atoms with Crippen molar-refractivity contribution in [1.29, 1.82) is 0 Å². The molecule has 0 atom stereocenters. The molecule has 25 heavy (non-hydrogen) atoms. The standard InChI is InChI=1S/C19H14FN3O2/c20-14-5-3-13(4-6-14)12-23-16-7-9-25-18(16)10-17(23)19(24)22-15-2-1-8-21-11-15/h1-11H,12H2,(H,22,24). The largest absolute Gasteiger partial charge is 0.463 e. The summed E-state index contributed by atoms with van der Waals surface area (Å²) in [5, 5.41) is 2.82. The van der Waals surface area contributed by atoms with Gasteiger partial charge in [0.1, 0.15) is 11.5 Å². The fourth-order valence-electron chi connectivity index (χ4n) is 2.74. The lowest BCUT2D eigenvalue weighted by molar-refractivity contribution is 0.101. The highest BCUT2D eigenvalue weighted by Crippen LogP contribution is 2.23. The van der Waals surface area contributed by atoms with Gasteiger partial charge in [0.05, 0.1) is 23.7 Å². The van der Waals surface area contributed by atoms with Crippen LogP contribution >= 0.6 is 0 Å². The van der Waals surface area contributed by atoms with Gasteiger partial charge in [-0.15, -0.1) is 0 Å². The third kappa shape index (κ3) is 3.01. The molecule has 3 heterocycles. The number of fused-ring (bicyclic) bond motifs is 1. The van der Waals surface area contributed by atoms with E-state index in [4.69, 9.17) is 4.42 Å². The van der Waals surface area contributed by atoms with Gasteiger partial charge in [0.2, 0.25) is 0 Å². The zero-order valence-electron chi connectivity index (χ0n) is 13.1. The molecule has 0 aliphatic heterocycles. The van der Waals surface area contributed by atoms with Crippen LogP contribution in [0.4, 0.5) is 10.1 Å². The Morgan fingerprint density at radius 1 is 1.20 bits per heavy atom. The maximum absolute atomic E-state index is 13.1. The van der Waals surface area contributed by atoms with Crippen molar-refractivity contribution in [3.63, 3.8) is 0 Å². The molecule has 0 radical (unpaired) electrons. The zero-order chi connectivity index (χ0) is 17.2. The first kappa shape index (κ1) is 15.1. The SMILES string of the molecule is O=C(Nc1cccnc1)c1cc2occc2n1Cc1ccc(F)cc1. The Morgan fingerprint density at radius 3 is 2.80 bits per heavy atom. The number of carbonyl (C=O) groups is 1. The molecule has 0 saturated heterocycles. The van der Waals surface area contributed by atoms with Crippen molar-refractivity contribution in [1.82, 2.24) is 9.55 Å². The van der Waals surface area contributed by atoms with Crippen LogP contribution in [-0.2, 0) is 6.54 Å². The van der Waals surface area contributed by atoms with Crippen LogP contribution in [-0.4, -0.2) is 15.5 Å². The molecule has 5 nitrogen and oxygen atoms in total. The summed E-state index contributed by atoms with van der Waals surface area (Å²) in [7, 11) is 0. The lowest BCUT2D eigenvalue weighted by atomic mass is 10.2. The lowest BCUT2D eigenvalue weighted by Gasteiger charge is -2.10. The van der Waals surface area contributed by atoms with Crippen LogP contribution in [0.15, 0.2) is 71.6 Å². The van der Waals surface area contributed by atoms with Gasteiger partial charge in [-0.2, -0.15) is 0 Å². The van der Waals surface area contributed by atoms with Gasteiger partial charge in [-0.25, -0.2) is 4.39 Å². The van der Waals surface area contributed by atoms with E-state index in [0.29, 0.717) is 23.5 Å². The number of nitrogens with one attached hydrogen (secondary N) is 1. The van der Waals surface area contributed by atoms with Gasteiger partial charge in [0.25, 0.3) is 5.91 Å². The van der Waals surface area contributed by atoms with E-state index in [1.54, 1.807) is 55.1 Å². The van der Waals surface area contributed by atoms with E-state index >= 15 is 0 Å². The number of aromatic nitrogens is 2. The van der Waals surface area contributed by atoms with Crippen LogP contribution < -0.4 is 5.32 Å². The molecule has 0 fully saturated rings. The second kappa shape index (κ2) is 6.24. The van der Waals surface area contributed by atoms with E-state index in [1.165, 1.54) is 12.1 Å². The Bertz CT molecular complexity index is 1020. The second-order valence-electron chi connectivity index (χ2n) is 5.61. The molecule has 3 aromatic heterocycles. The average Bonchev–Trinajstić information content (AvgIpc) is 3.20. The highest BCUT2D eigenvalue weighted by atomic mass is 19.1. The smallest absolute Gasteiger partial charge is 0.272 e. The van der Waals surface area contributed by atoms with Crippen LogP contribution in [0.3, 0.4) is 0 Å². The molecule has 0 aliphatic carbocycles. The fraction of sp³-hybridized carbons (Fsp3) is 0.0526. The first-order chi connectivity index (χ1) is 12.2. The van der Waals surface area contributed by atoms with Crippen molar-refractivity contribution in [2.75, 3.05) is 5.32 Å². The van der Waals surface area contributed by atoms with E-state index in [-0.39, 0.29) is 11.7 Å². The summed E-state index contributed by atoms with van der Waals surface area (Å²) in [5.74, 6) is -0.555. The van der Waals surface area contributed by atoms with E-state index < -0.39 is 0 Å². The number of hydrogen-bond donors (Lipinski definition) is 1. The van der Waals surface area contributed by atoms with E-state index in [0.717, 1.165) is 11.1 Å². The maximum atomic E-state index is 13.1. The average molecular weight is 335 g/mol. The Labute approximate surface area is 142 Å². The van der Waals surface area contributed by atoms with Gasteiger partial charge in [0, 0.05) is 24.9 Å². The molecule has 4 rings (SSSR count). The molecule has 6 heteroatoms. The summed E-state index contributed by atoms with van der Waals surface area (Å²) in [6.45, 7) is 0.430. The molecule has 4 aromatic rings. The molecule has 0 saturated carbocycles. The molecule has 0 aliphatic rings. The van der Waals surface area contributed by atoms with E-state index in [2.05, 4.69) is 10.3 Å². The number of carbonyl (C=O) groups excluding carboxylic acids is 1. The van der Waals surface area contributed by atoms with Crippen molar-refractivity contribution in [3.8, 4) is 0 Å². The highest BCUT2D eigenvalue weighted by molar-refractivity contribution is 6.05. The minimum Gasteiger partial charge on any atom is -0.463 e. The number of nitrogens with zero attached hydrogens (tertiary/aromatic N) is 2. The lowest BCUT2D eigenvalue weighted by Crippen LogP contribution is -2.17. The second-order valence-corrected chi connectivity index (χ2v) is 5.61. The van der Waals surface area contributed by atoms with Crippen molar-refractivity contribution in [2.45, 2.75) is 6.54 Å². The summed E-state index contributed by atoms with van der Waals surface area (Å²) in [4.78, 5) is 16.7. The summed E-state index contributed by atoms with van der Waals surface area (Å²) >= 11 is 0. The molecular weight excluding hydrogens is 321 g/mol. The monoisotopic (exact) mass is 335 g/mol. The van der Waals surface area contributed by atoms with Crippen LogP contribution in [0.2, 0.25) is 0 Å². The Kier molecular flexibility index (Phi) is 3.78. The highest BCUT2D eigenvalue weighted by Gasteiger charge is 2.18. The fourth-order valence-corrected chi connectivity index (χ4v) is 2.74. The number of halogens is 1. The quantitative estimate of drug-likeness (QED) is 0.611. The van der Waals surface area contributed by atoms with Crippen LogP contribution in [0, 0.1) is 5.82 Å². The van der Waals surface area contributed by atoms with Crippen LogP contribution in [0.5, 0.6) is 0 Å². The van der Waals surface area contributed by atoms with Crippen LogP contribution in [0.1, 0.15) is 16.1 Å². The van der Waals surface area contributed by atoms with Gasteiger partial charge in [-0.3, -0.25) is 9.78 Å². The molecule has 124 valence electrons. The van der Waals surface area contributed by atoms with Crippen molar-refractivity contribution < 1.29 is 13.6 Å². The minimum absolute atomic E-state index is 0.262. The van der Waals surface area contributed by atoms with Gasteiger partial charge in [-0.1, -0.05) is 12.1 Å². The van der Waals surface area contributed by atoms with Crippen molar-refractivity contribution in [2.24, 2.45) is 0 Å². The molecule has 0 spiro atoms. The van der Waals surface area contributed by atoms with Gasteiger partial charge < -0.3 is 14.3 Å². The number of amides is 1. The number of pyridine rings is 1. The number of rotatable bonds is 4. The van der Waals surface area contributed by atoms with Gasteiger partial charge in [0.15, 0.2) is 5.58 Å². The molecule has 1 N–H and O–H groups in total. The Balaban J connectivity index is 1.69. The summed E-state index contributed by atoms with van der Waals surface area (Å²) in [6.07, 6.45) is 4.80. The van der Waals surface area contributed by atoms with E-state index in [1.807, 2.05) is 4.57 Å². The molecular formula is C19H14FN3O2. The minimum atomic E-state index is -0.292. The topological polar surface area (TPSA) is 60.1 Å². The first-order valence-corrected chi connectivity index (χ1v) is 7.73. The molecule has 1 amide bonds. The molecule has 1 aromatic carbocycles. The predicted molar refractivity (Wildman–Crippen MR) is 91.9 cm³/mol. The zero-order valence-corrected chi connectivity index (χ0v) is 13.1. The number of benzene rings is 1. The number of hydrogen-bond acceptors (Lipinski definition) is 3. The van der Waals surface area contributed by atoms with E-state index in [9.17, 15) is 9.18 Å². The third-order valence-electron chi connectivity index (χ3n) is 3.93. The van der Waals surface area contributed by atoms with Crippen molar-refractivity contribution in [3.05, 3.63) is 84.3 Å². The number of anilines is 1. The van der Waals surface area contributed by atoms with Crippen molar-refractivity contribution >= 4 is 22.7 Å². The molecule has 0 unspecified atom stereocenters. The number of furan rings is 1. The van der Waals surface area contributed by atoms with Crippen LogP contribution in [0.25, 0.3) is 11.1 Å². The Morgan fingerprint density at radius 2 is 2.04 bits per heavy atom. The summed E-state index contributed by atoms with van der Waals surface area (Å²) in [6, 6.07) is 13.2. The normalized spacial score (nSPS) is 10.9. The maximum Gasteiger partial charge on any atom is 0.272 e. The third-order valence-corrected chi connectivity index (χ3v) is 3.93. The summed E-state index contributed by atoms with van der Waals surface area (Å²) in [5.41, 5.74) is 3.39. The summed E-state index contributed by atoms with van der Waals surface area (Å²) < 4.78 is 20.4. The molecule has 0 bridgehead atoms.